The normalized spacial score (nSPS) is 11.6. The van der Waals surface area contributed by atoms with E-state index in [4.69, 9.17) is 4.74 Å². The number of hydrogen-bond acceptors (Lipinski definition) is 3. The number of halogens is 1. The molecule has 0 bridgehead atoms. The first-order valence-corrected chi connectivity index (χ1v) is 7.80. The lowest BCUT2D eigenvalue weighted by Gasteiger charge is -2.21. The van der Waals surface area contributed by atoms with E-state index in [1.807, 2.05) is 30.3 Å². The molecule has 0 spiro atoms. The second-order valence-electron chi connectivity index (χ2n) is 4.91. The van der Waals surface area contributed by atoms with E-state index < -0.39 is 12.1 Å². The Labute approximate surface area is 143 Å². The zero-order chi connectivity index (χ0) is 16.1. The highest BCUT2D eigenvalue weighted by molar-refractivity contribution is 14.1. The molecule has 0 N–H and O–H groups in total. The number of ether oxygens (including phenoxy) is 1. The molecular weight excluding hydrogens is 393 g/mol. The Bertz CT molecular complexity index is 671. The van der Waals surface area contributed by atoms with Gasteiger partial charge in [-0.25, -0.2) is 4.79 Å². The summed E-state index contributed by atoms with van der Waals surface area (Å²) in [5, 5.41) is 0. The van der Waals surface area contributed by atoms with Crippen LogP contribution in [0.15, 0.2) is 54.6 Å². The van der Waals surface area contributed by atoms with E-state index in [9.17, 15) is 9.59 Å². The van der Waals surface area contributed by atoms with E-state index in [1.165, 1.54) is 4.90 Å². The number of carbonyl (C=O) groups is 2. The first-order valence-electron chi connectivity index (χ1n) is 6.72. The van der Waals surface area contributed by atoms with Crippen LogP contribution in [0.25, 0.3) is 0 Å². The van der Waals surface area contributed by atoms with E-state index in [1.54, 1.807) is 38.4 Å². The van der Waals surface area contributed by atoms with E-state index in [0.29, 0.717) is 11.1 Å². The van der Waals surface area contributed by atoms with Gasteiger partial charge in [0.15, 0.2) is 0 Å². The zero-order valence-corrected chi connectivity index (χ0v) is 14.5. The van der Waals surface area contributed by atoms with Crippen molar-refractivity contribution < 1.29 is 14.3 Å². The van der Waals surface area contributed by atoms with Crippen molar-refractivity contribution in [3.8, 4) is 0 Å². The van der Waals surface area contributed by atoms with Gasteiger partial charge in [0.25, 0.3) is 5.91 Å². The predicted molar refractivity (Wildman–Crippen MR) is 92.5 cm³/mol. The molecule has 0 saturated carbocycles. The van der Waals surface area contributed by atoms with Crippen LogP contribution >= 0.6 is 22.6 Å². The minimum absolute atomic E-state index is 0.273. The molecule has 4 nitrogen and oxygen atoms in total. The number of rotatable bonds is 4. The quantitative estimate of drug-likeness (QED) is 0.575. The van der Waals surface area contributed by atoms with Gasteiger partial charge in [0, 0.05) is 23.2 Å². The van der Waals surface area contributed by atoms with Crippen molar-refractivity contribution >= 4 is 34.5 Å². The summed E-state index contributed by atoms with van der Waals surface area (Å²) in [5.74, 6) is -0.778. The predicted octanol–water partition coefficient (Wildman–Crippen LogP) is 3.28. The number of esters is 1. The Kier molecular flexibility index (Phi) is 5.54. The fourth-order valence-corrected chi connectivity index (χ4v) is 2.53. The fourth-order valence-electron chi connectivity index (χ4n) is 1.92. The number of hydrogen-bond donors (Lipinski definition) is 0. The maximum atomic E-state index is 12.4. The molecular formula is C17H16INO3. The summed E-state index contributed by atoms with van der Waals surface area (Å²) in [5.41, 5.74) is 1.11. The molecule has 0 saturated heterocycles. The van der Waals surface area contributed by atoms with Gasteiger partial charge in [0.1, 0.15) is 0 Å². The third-order valence-corrected chi connectivity index (χ3v) is 4.03. The average molecular weight is 409 g/mol. The van der Waals surface area contributed by atoms with Crippen molar-refractivity contribution in [3.05, 3.63) is 69.3 Å². The van der Waals surface area contributed by atoms with Gasteiger partial charge in [0.05, 0.1) is 5.56 Å². The number of benzene rings is 2. The Hall–Kier alpha value is -1.89. The molecule has 2 rings (SSSR count). The molecule has 5 heteroatoms. The van der Waals surface area contributed by atoms with Crippen LogP contribution in [0.2, 0.25) is 0 Å². The Balaban J connectivity index is 2.29. The van der Waals surface area contributed by atoms with Crippen LogP contribution in [-0.2, 0) is 9.53 Å². The SMILES string of the molecule is CN(C)C(=O)C(OC(=O)c1ccccc1I)c1ccccc1. The molecule has 0 aliphatic rings. The van der Waals surface area contributed by atoms with Crippen molar-refractivity contribution in [2.45, 2.75) is 6.10 Å². The van der Waals surface area contributed by atoms with Crippen LogP contribution in [0, 0.1) is 3.57 Å². The standard InChI is InChI=1S/C17H16INO3/c1-19(2)16(20)15(12-8-4-3-5-9-12)22-17(21)13-10-6-7-11-14(13)18/h3-11,15H,1-2H3. The van der Waals surface area contributed by atoms with Gasteiger partial charge in [-0.15, -0.1) is 0 Å². The second-order valence-corrected chi connectivity index (χ2v) is 6.07. The van der Waals surface area contributed by atoms with Crippen LogP contribution in [0.4, 0.5) is 0 Å². The summed E-state index contributed by atoms with van der Waals surface area (Å²) < 4.78 is 6.28. The van der Waals surface area contributed by atoms with Crippen LogP contribution in [0.3, 0.4) is 0 Å². The summed E-state index contributed by atoms with van der Waals surface area (Å²) >= 11 is 2.07. The largest absolute Gasteiger partial charge is 0.444 e. The van der Waals surface area contributed by atoms with Crippen molar-refractivity contribution in [1.29, 1.82) is 0 Å². The minimum atomic E-state index is -0.945. The van der Waals surface area contributed by atoms with Gasteiger partial charge in [-0.05, 0) is 34.7 Å². The minimum Gasteiger partial charge on any atom is -0.444 e. The molecule has 1 amide bonds. The first-order chi connectivity index (χ1) is 10.5. The number of amides is 1. The Morgan fingerprint density at radius 2 is 1.59 bits per heavy atom. The zero-order valence-electron chi connectivity index (χ0n) is 12.3. The van der Waals surface area contributed by atoms with Crippen LogP contribution in [0.1, 0.15) is 22.0 Å². The third kappa shape index (κ3) is 3.85. The molecule has 114 valence electrons. The maximum Gasteiger partial charge on any atom is 0.340 e. The molecule has 0 aliphatic heterocycles. The topological polar surface area (TPSA) is 46.6 Å². The third-order valence-electron chi connectivity index (χ3n) is 3.09. The second kappa shape index (κ2) is 7.40. The van der Waals surface area contributed by atoms with Crippen LogP contribution in [-0.4, -0.2) is 30.9 Å². The van der Waals surface area contributed by atoms with Gasteiger partial charge in [-0.3, -0.25) is 4.79 Å². The lowest BCUT2D eigenvalue weighted by Crippen LogP contribution is -2.31. The highest BCUT2D eigenvalue weighted by Gasteiger charge is 2.27. The molecule has 0 heterocycles. The van der Waals surface area contributed by atoms with Gasteiger partial charge in [0.2, 0.25) is 6.10 Å². The Morgan fingerprint density at radius 3 is 2.18 bits per heavy atom. The smallest absolute Gasteiger partial charge is 0.340 e. The van der Waals surface area contributed by atoms with Gasteiger partial charge >= 0.3 is 5.97 Å². The first kappa shape index (κ1) is 16.5. The van der Waals surface area contributed by atoms with Crippen molar-refractivity contribution in [2.75, 3.05) is 14.1 Å². The van der Waals surface area contributed by atoms with Gasteiger partial charge < -0.3 is 9.64 Å². The van der Waals surface area contributed by atoms with E-state index >= 15 is 0 Å². The number of likely N-dealkylation sites (N-methyl/N-ethyl adjacent to an activating group) is 1. The van der Waals surface area contributed by atoms with Gasteiger partial charge in [-0.2, -0.15) is 0 Å². The van der Waals surface area contributed by atoms with Crippen molar-refractivity contribution in [3.63, 3.8) is 0 Å². The molecule has 22 heavy (non-hydrogen) atoms. The van der Waals surface area contributed by atoms with E-state index in [2.05, 4.69) is 22.6 Å². The highest BCUT2D eigenvalue weighted by Crippen LogP contribution is 2.22. The number of carbonyl (C=O) groups excluding carboxylic acids is 2. The molecule has 0 fully saturated rings. The number of nitrogens with zero attached hydrogens (tertiary/aromatic N) is 1. The summed E-state index contributed by atoms with van der Waals surface area (Å²) in [6.45, 7) is 0. The summed E-state index contributed by atoms with van der Waals surface area (Å²) in [4.78, 5) is 26.1. The van der Waals surface area contributed by atoms with Crippen molar-refractivity contribution in [2.24, 2.45) is 0 Å². The molecule has 0 aromatic heterocycles. The van der Waals surface area contributed by atoms with Crippen LogP contribution in [0.5, 0.6) is 0 Å². The highest BCUT2D eigenvalue weighted by atomic mass is 127. The lowest BCUT2D eigenvalue weighted by atomic mass is 10.1. The van der Waals surface area contributed by atoms with Crippen molar-refractivity contribution in [1.82, 2.24) is 4.90 Å². The fraction of sp³-hybridized carbons (Fsp3) is 0.176. The molecule has 2 aromatic carbocycles. The lowest BCUT2D eigenvalue weighted by molar-refractivity contribution is -0.138. The molecule has 0 aliphatic carbocycles. The van der Waals surface area contributed by atoms with E-state index in [-0.39, 0.29) is 5.91 Å². The molecule has 1 unspecified atom stereocenters. The molecule has 0 radical (unpaired) electrons. The average Bonchev–Trinajstić information content (AvgIpc) is 2.53. The summed E-state index contributed by atoms with van der Waals surface area (Å²) in [6, 6.07) is 16.1. The van der Waals surface area contributed by atoms with E-state index in [0.717, 1.165) is 3.57 Å². The van der Waals surface area contributed by atoms with Crippen LogP contribution < -0.4 is 0 Å². The maximum absolute atomic E-state index is 12.4. The summed E-state index contributed by atoms with van der Waals surface area (Å²) in [7, 11) is 3.27. The molecule has 1 atom stereocenters. The summed E-state index contributed by atoms with van der Waals surface area (Å²) in [6.07, 6.45) is -0.945. The Morgan fingerprint density at radius 1 is 1.00 bits per heavy atom. The molecule has 2 aromatic rings. The van der Waals surface area contributed by atoms with Gasteiger partial charge in [-0.1, -0.05) is 42.5 Å². The monoisotopic (exact) mass is 409 g/mol.